The van der Waals surface area contributed by atoms with E-state index in [1.165, 1.54) is 44.9 Å². The number of hydrogen-bond acceptors (Lipinski definition) is 2. The van der Waals surface area contributed by atoms with E-state index in [0.717, 1.165) is 24.4 Å². The second kappa shape index (κ2) is 4.30. The van der Waals surface area contributed by atoms with Crippen molar-refractivity contribution in [3.05, 3.63) is 0 Å². The molecule has 0 aromatic rings. The van der Waals surface area contributed by atoms with Gasteiger partial charge in [-0.1, -0.05) is 0 Å². The third kappa shape index (κ3) is 2.02. The Bertz CT molecular complexity index is 214. The summed E-state index contributed by atoms with van der Waals surface area (Å²) < 4.78 is 5.47. The summed E-state index contributed by atoms with van der Waals surface area (Å²) in [4.78, 5) is 0. The Morgan fingerprint density at radius 2 is 1.50 bits per heavy atom. The van der Waals surface area contributed by atoms with Crippen molar-refractivity contribution < 1.29 is 9.84 Å². The first kappa shape index (κ1) is 11.0. The molecule has 2 nitrogen and oxygen atoms in total. The van der Waals surface area contributed by atoms with Gasteiger partial charge in [-0.15, -0.1) is 0 Å². The first-order valence-electron chi connectivity index (χ1n) is 6.98. The smallest absolute Gasteiger partial charge is 0.0697 e. The average Bonchev–Trinajstić information content (AvgIpc) is 2.22. The van der Waals surface area contributed by atoms with Gasteiger partial charge >= 0.3 is 0 Å². The van der Waals surface area contributed by atoms with E-state index >= 15 is 0 Å². The van der Waals surface area contributed by atoms with Crippen LogP contribution in [0, 0.1) is 23.2 Å². The SMILES string of the molecule is OCCOCCC12CC3CC(CC(C3)C1)C2. The summed E-state index contributed by atoms with van der Waals surface area (Å²) in [6, 6.07) is 0. The van der Waals surface area contributed by atoms with Crippen molar-refractivity contribution >= 4 is 0 Å². The minimum absolute atomic E-state index is 0.168. The van der Waals surface area contributed by atoms with E-state index in [1.807, 2.05) is 0 Å². The first-order valence-corrected chi connectivity index (χ1v) is 6.98. The van der Waals surface area contributed by atoms with Crippen LogP contribution in [-0.2, 0) is 4.74 Å². The van der Waals surface area contributed by atoms with Gasteiger partial charge in [0.05, 0.1) is 13.2 Å². The fourth-order valence-corrected chi connectivity index (χ4v) is 5.05. The van der Waals surface area contributed by atoms with Crippen molar-refractivity contribution in [3.8, 4) is 0 Å². The minimum atomic E-state index is 0.168. The average molecular weight is 224 g/mol. The molecule has 0 aromatic carbocycles. The molecule has 0 unspecified atom stereocenters. The summed E-state index contributed by atoms with van der Waals surface area (Å²) in [5.41, 5.74) is 0.643. The fourth-order valence-electron chi connectivity index (χ4n) is 5.05. The van der Waals surface area contributed by atoms with Crippen molar-refractivity contribution in [1.82, 2.24) is 0 Å². The van der Waals surface area contributed by atoms with Crippen molar-refractivity contribution in [2.75, 3.05) is 19.8 Å². The lowest BCUT2D eigenvalue weighted by Gasteiger charge is -2.57. The van der Waals surface area contributed by atoms with Gasteiger partial charge in [0.1, 0.15) is 0 Å². The molecule has 2 heteroatoms. The van der Waals surface area contributed by atoms with Crippen LogP contribution in [0.4, 0.5) is 0 Å². The highest BCUT2D eigenvalue weighted by molar-refractivity contribution is 5.01. The Kier molecular flexibility index (Phi) is 2.97. The standard InChI is InChI=1S/C14H24O2/c15-2-4-16-3-1-14-8-11-5-12(9-14)7-13(6-11)10-14/h11-13,15H,1-10H2. The van der Waals surface area contributed by atoms with Gasteiger partial charge in [0.15, 0.2) is 0 Å². The highest BCUT2D eigenvalue weighted by Crippen LogP contribution is 2.61. The Balaban J connectivity index is 1.56. The van der Waals surface area contributed by atoms with Gasteiger partial charge in [-0.3, -0.25) is 0 Å². The van der Waals surface area contributed by atoms with Gasteiger partial charge < -0.3 is 9.84 Å². The molecule has 4 aliphatic rings. The van der Waals surface area contributed by atoms with Crippen molar-refractivity contribution in [2.24, 2.45) is 23.2 Å². The lowest BCUT2D eigenvalue weighted by molar-refractivity contribution is -0.0700. The number of hydrogen-bond donors (Lipinski definition) is 1. The number of ether oxygens (including phenoxy) is 1. The van der Waals surface area contributed by atoms with Crippen LogP contribution >= 0.6 is 0 Å². The van der Waals surface area contributed by atoms with E-state index in [4.69, 9.17) is 9.84 Å². The second-order valence-electron chi connectivity index (χ2n) is 6.50. The molecule has 0 aromatic heterocycles. The van der Waals surface area contributed by atoms with Crippen LogP contribution in [-0.4, -0.2) is 24.9 Å². The molecule has 4 saturated carbocycles. The number of rotatable bonds is 5. The second-order valence-corrected chi connectivity index (χ2v) is 6.50. The molecule has 92 valence electrons. The van der Waals surface area contributed by atoms with Crippen LogP contribution in [0.25, 0.3) is 0 Å². The molecule has 0 spiro atoms. The fraction of sp³-hybridized carbons (Fsp3) is 1.00. The molecule has 4 bridgehead atoms. The predicted octanol–water partition coefficient (Wildman–Crippen LogP) is 2.60. The van der Waals surface area contributed by atoms with Gasteiger partial charge in [0, 0.05) is 6.61 Å². The molecule has 4 fully saturated rings. The number of aliphatic hydroxyl groups excluding tert-OH is 1. The van der Waals surface area contributed by atoms with Gasteiger partial charge in [0.25, 0.3) is 0 Å². The van der Waals surface area contributed by atoms with Crippen molar-refractivity contribution in [1.29, 1.82) is 0 Å². The van der Waals surface area contributed by atoms with E-state index < -0.39 is 0 Å². The Morgan fingerprint density at radius 1 is 0.938 bits per heavy atom. The van der Waals surface area contributed by atoms with E-state index in [1.54, 1.807) is 0 Å². The third-order valence-electron chi connectivity index (χ3n) is 5.18. The molecule has 0 saturated heterocycles. The first-order chi connectivity index (χ1) is 7.80. The normalized spacial score (nSPS) is 45.2. The van der Waals surface area contributed by atoms with Crippen LogP contribution in [0.3, 0.4) is 0 Å². The summed E-state index contributed by atoms with van der Waals surface area (Å²) in [6.45, 7) is 1.56. The van der Waals surface area contributed by atoms with Crippen LogP contribution in [0.2, 0.25) is 0 Å². The largest absolute Gasteiger partial charge is 0.394 e. The Labute approximate surface area is 98.4 Å². The van der Waals surface area contributed by atoms with Crippen molar-refractivity contribution in [3.63, 3.8) is 0 Å². The summed E-state index contributed by atoms with van der Waals surface area (Å²) >= 11 is 0. The zero-order chi connectivity index (χ0) is 11.0. The van der Waals surface area contributed by atoms with Crippen LogP contribution in [0.5, 0.6) is 0 Å². The van der Waals surface area contributed by atoms with Crippen LogP contribution in [0.1, 0.15) is 44.9 Å². The van der Waals surface area contributed by atoms with Gasteiger partial charge in [-0.25, -0.2) is 0 Å². The quantitative estimate of drug-likeness (QED) is 0.727. The zero-order valence-corrected chi connectivity index (χ0v) is 10.2. The topological polar surface area (TPSA) is 29.5 Å². The molecular formula is C14H24O2. The summed E-state index contributed by atoms with van der Waals surface area (Å²) in [6.07, 6.45) is 10.2. The van der Waals surface area contributed by atoms with E-state index in [2.05, 4.69) is 0 Å². The molecule has 16 heavy (non-hydrogen) atoms. The highest BCUT2D eigenvalue weighted by Gasteiger charge is 2.50. The predicted molar refractivity (Wildman–Crippen MR) is 63.1 cm³/mol. The maximum absolute atomic E-state index is 8.70. The summed E-state index contributed by atoms with van der Waals surface area (Å²) in [7, 11) is 0. The molecule has 1 N–H and O–H groups in total. The molecule has 0 radical (unpaired) electrons. The van der Waals surface area contributed by atoms with Crippen LogP contribution < -0.4 is 0 Å². The van der Waals surface area contributed by atoms with Crippen molar-refractivity contribution in [2.45, 2.75) is 44.9 Å². The Morgan fingerprint density at radius 3 is 2.00 bits per heavy atom. The van der Waals surface area contributed by atoms with E-state index in [-0.39, 0.29) is 6.61 Å². The number of aliphatic hydroxyl groups is 1. The minimum Gasteiger partial charge on any atom is -0.394 e. The maximum atomic E-state index is 8.70. The monoisotopic (exact) mass is 224 g/mol. The van der Waals surface area contributed by atoms with Gasteiger partial charge in [-0.05, 0) is 68.1 Å². The molecular weight excluding hydrogens is 200 g/mol. The zero-order valence-electron chi connectivity index (χ0n) is 10.2. The van der Waals surface area contributed by atoms with E-state index in [0.29, 0.717) is 12.0 Å². The molecule has 0 amide bonds. The Hall–Kier alpha value is -0.0800. The third-order valence-corrected chi connectivity index (χ3v) is 5.18. The molecule has 0 heterocycles. The van der Waals surface area contributed by atoms with Gasteiger partial charge in [-0.2, -0.15) is 0 Å². The lowest BCUT2D eigenvalue weighted by Crippen LogP contribution is -2.46. The van der Waals surface area contributed by atoms with Gasteiger partial charge in [0.2, 0.25) is 0 Å². The highest BCUT2D eigenvalue weighted by atomic mass is 16.5. The molecule has 4 rings (SSSR count). The van der Waals surface area contributed by atoms with Crippen LogP contribution in [0.15, 0.2) is 0 Å². The molecule has 0 atom stereocenters. The molecule has 4 aliphatic carbocycles. The lowest BCUT2D eigenvalue weighted by atomic mass is 9.49. The maximum Gasteiger partial charge on any atom is 0.0697 e. The molecule has 0 aliphatic heterocycles. The summed E-state index contributed by atoms with van der Waals surface area (Å²) in [5, 5.41) is 8.70. The summed E-state index contributed by atoms with van der Waals surface area (Å²) in [5.74, 6) is 3.14. The van der Waals surface area contributed by atoms with E-state index in [9.17, 15) is 0 Å².